The van der Waals surface area contributed by atoms with Gasteiger partial charge in [-0.2, -0.15) is 0 Å². The fourth-order valence-corrected chi connectivity index (χ4v) is 2.40. The van der Waals surface area contributed by atoms with Crippen LogP contribution in [-0.4, -0.2) is 41.5 Å². The molecule has 2 amide bonds. The second-order valence-electron chi connectivity index (χ2n) is 6.22. The average Bonchev–Trinajstić information content (AvgIpc) is 2.63. The zero-order valence-corrected chi connectivity index (χ0v) is 15.3. The van der Waals surface area contributed by atoms with E-state index in [4.69, 9.17) is 5.73 Å². The van der Waals surface area contributed by atoms with Crippen LogP contribution in [0.15, 0.2) is 30.3 Å². The molecule has 0 radical (unpaired) electrons. The third-order valence-corrected chi connectivity index (χ3v) is 3.94. The van der Waals surface area contributed by atoms with Crippen molar-refractivity contribution < 1.29 is 19.6 Å². The average molecular weight is 361 g/mol. The Bertz CT molecular complexity index is 641. The number of nitrogens with one attached hydrogen (secondary N) is 1. The van der Waals surface area contributed by atoms with Crippen molar-refractivity contribution in [3.63, 3.8) is 0 Å². The highest BCUT2D eigenvalue weighted by atomic mass is 16.5. The molecule has 0 bridgehead atoms. The van der Waals surface area contributed by atoms with Crippen LogP contribution in [0.4, 0.5) is 0 Å². The van der Waals surface area contributed by atoms with E-state index in [2.05, 4.69) is 5.32 Å². The van der Waals surface area contributed by atoms with Gasteiger partial charge in [0.1, 0.15) is 0 Å². The van der Waals surface area contributed by atoms with Crippen LogP contribution in [0.25, 0.3) is 5.70 Å². The van der Waals surface area contributed by atoms with E-state index in [1.54, 1.807) is 0 Å². The summed E-state index contributed by atoms with van der Waals surface area (Å²) in [5.74, 6) is -1.28. The van der Waals surface area contributed by atoms with Crippen LogP contribution in [0.2, 0.25) is 0 Å². The zero-order valence-electron chi connectivity index (χ0n) is 15.3. The molecule has 1 aromatic rings. The van der Waals surface area contributed by atoms with Crippen molar-refractivity contribution in [1.29, 1.82) is 0 Å². The van der Waals surface area contributed by atoms with E-state index >= 15 is 0 Å². The van der Waals surface area contributed by atoms with Crippen LogP contribution in [0.1, 0.15) is 37.3 Å². The van der Waals surface area contributed by atoms with Crippen molar-refractivity contribution in [3.8, 4) is 0 Å². The molecule has 0 aliphatic carbocycles. The molecule has 0 saturated heterocycles. The topological polar surface area (TPSA) is 113 Å². The highest BCUT2D eigenvalue weighted by Gasteiger charge is 2.20. The Morgan fingerprint density at radius 3 is 2.54 bits per heavy atom. The Morgan fingerprint density at radius 1 is 1.31 bits per heavy atom. The van der Waals surface area contributed by atoms with Gasteiger partial charge in [-0.15, -0.1) is 0 Å². The lowest BCUT2D eigenvalue weighted by molar-refractivity contribution is -0.154. The van der Waals surface area contributed by atoms with E-state index in [0.29, 0.717) is 17.2 Å². The number of carbonyl (C=O) groups excluding carboxylic acids is 3. The van der Waals surface area contributed by atoms with Gasteiger partial charge in [-0.05, 0) is 18.9 Å². The fourth-order valence-electron chi connectivity index (χ4n) is 2.40. The van der Waals surface area contributed by atoms with Crippen molar-refractivity contribution in [2.24, 2.45) is 11.7 Å². The van der Waals surface area contributed by atoms with Gasteiger partial charge >= 0.3 is 0 Å². The second kappa shape index (κ2) is 11.0. The quantitative estimate of drug-likeness (QED) is 0.240. The highest BCUT2D eigenvalue weighted by Crippen LogP contribution is 2.11. The molecule has 1 rings (SSSR count). The number of carbonyl (C=O) groups is 3. The van der Waals surface area contributed by atoms with Crippen LogP contribution in [0.3, 0.4) is 0 Å². The number of benzene rings is 1. The summed E-state index contributed by atoms with van der Waals surface area (Å²) in [5, 5.41) is 12.3. The molecule has 0 saturated carbocycles. The number of unbranched alkanes of at least 4 members (excludes halogenated alkanes) is 1. The van der Waals surface area contributed by atoms with Gasteiger partial charge in [-0.1, -0.05) is 49.6 Å². The normalized spacial score (nSPS) is 12.3. The van der Waals surface area contributed by atoms with Gasteiger partial charge in [-0.3, -0.25) is 19.6 Å². The van der Waals surface area contributed by atoms with Crippen molar-refractivity contribution in [1.82, 2.24) is 10.4 Å². The lowest BCUT2D eigenvalue weighted by Gasteiger charge is -2.19. The minimum absolute atomic E-state index is 0.106. The second-order valence-corrected chi connectivity index (χ2v) is 6.22. The van der Waals surface area contributed by atoms with Crippen LogP contribution in [0, 0.1) is 12.8 Å². The van der Waals surface area contributed by atoms with E-state index in [9.17, 15) is 19.6 Å². The zero-order chi connectivity index (χ0) is 19.5. The maximum absolute atomic E-state index is 12.2. The molecule has 4 N–H and O–H groups in total. The summed E-state index contributed by atoms with van der Waals surface area (Å²) in [5.41, 5.74) is 8.06. The van der Waals surface area contributed by atoms with Gasteiger partial charge in [0.05, 0.1) is 19.0 Å². The summed E-state index contributed by atoms with van der Waals surface area (Å²) < 4.78 is 0. The number of hydrogen-bond acceptors (Lipinski definition) is 5. The molecule has 1 atom stereocenters. The first kappa shape index (κ1) is 21.4. The van der Waals surface area contributed by atoms with Crippen LogP contribution in [-0.2, 0) is 14.4 Å². The minimum Gasteiger partial charge on any atom is -0.398 e. The maximum Gasteiger partial charge on any atom is 0.233 e. The third kappa shape index (κ3) is 7.48. The number of hydroxylamine groups is 2. The summed E-state index contributed by atoms with van der Waals surface area (Å²) in [4.78, 5) is 34.8. The van der Waals surface area contributed by atoms with Crippen molar-refractivity contribution in [2.45, 2.75) is 33.1 Å². The number of nitrogens with zero attached hydrogens (tertiary/aromatic N) is 1. The summed E-state index contributed by atoms with van der Waals surface area (Å²) in [6.45, 7) is 3.64. The summed E-state index contributed by atoms with van der Waals surface area (Å²) >= 11 is 0. The maximum atomic E-state index is 12.2. The molecule has 142 valence electrons. The Labute approximate surface area is 153 Å². The number of aryl methyl sites for hydroxylation is 1. The number of ketones is 1. The molecular weight excluding hydrogens is 334 g/mol. The van der Waals surface area contributed by atoms with Crippen LogP contribution in [0.5, 0.6) is 0 Å². The standard InChI is InChI=1S/C19H27N3O4/c1-3-4-5-16(12-22(26)13-23)19(25)21-11-17(24)10-18(20)15-8-6-14(2)7-9-15/h6-10,13,16,26H,3-5,11-12,20H2,1-2H3,(H,21,25)/b18-10-. The first-order valence-corrected chi connectivity index (χ1v) is 8.63. The molecule has 7 heteroatoms. The van der Waals surface area contributed by atoms with E-state index in [1.165, 1.54) is 6.08 Å². The first-order chi connectivity index (χ1) is 12.4. The highest BCUT2D eigenvalue weighted by molar-refractivity contribution is 5.99. The first-order valence-electron chi connectivity index (χ1n) is 8.63. The predicted octanol–water partition coefficient (Wildman–Crippen LogP) is 1.63. The smallest absolute Gasteiger partial charge is 0.233 e. The Hall–Kier alpha value is -2.67. The molecule has 0 aliphatic rings. The lowest BCUT2D eigenvalue weighted by Crippen LogP contribution is -2.39. The van der Waals surface area contributed by atoms with Crippen molar-refractivity contribution in [3.05, 3.63) is 41.5 Å². The SMILES string of the molecule is CCCCC(CN(O)C=O)C(=O)NCC(=O)/C=C(\N)c1ccc(C)cc1. The molecule has 0 aliphatic heterocycles. The van der Waals surface area contributed by atoms with Gasteiger partial charge in [0.15, 0.2) is 5.78 Å². The van der Waals surface area contributed by atoms with Crippen molar-refractivity contribution >= 4 is 23.8 Å². The number of amides is 2. The van der Waals surface area contributed by atoms with E-state index in [-0.39, 0.29) is 31.2 Å². The van der Waals surface area contributed by atoms with Gasteiger partial charge in [0, 0.05) is 11.8 Å². The number of nitrogens with two attached hydrogens (primary N) is 1. The molecule has 7 nitrogen and oxygen atoms in total. The summed E-state index contributed by atoms with van der Waals surface area (Å²) in [6, 6.07) is 7.44. The van der Waals surface area contributed by atoms with Gasteiger partial charge in [0.25, 0.3) is 0 Å². The molecule has 0 spiro atoms. The molecule has 0 aromatic heterocycles. The predicted molar refractivity (Wildman–Crippen MR) is 98.9 cm³/mol. The molecular formula is C19H27N3O4. The Morgan fingerprint density at radius 2 is 1.96 bits per heavy atom. The molecule has 26 heavy (non-hydrogen) atoms. The molecule has 1 unspecified atom stereocenters. The molecule has 0 heterocycles. The van der Waals surface area contributed by atoms with Crippen molar-refractivity contribution in [2.75, 3.05) is 13.1 Å². The van der Waals surface area contributed by atoms with E-state index < -0.39 is 5.92 Å². The fraction of sp³-hybridized carbons (Fsp3) is 0.421. The third-order valence-electron chi connectivity index (χ3n) is 3.94. The van der Waals surface area contributed by atoms with E-state index in [0.717, 1.165) is 24.0 Å². The van der Waals surface area contributed by atoms with Gasteiger partial charge in [0.2, 0.25) is 12.3 Å². The molecule has 0 fully saturated rings. The van der Waals surface area contributed by atoms with Gasteiger partial charge < -0.3 is 11.1 Å². The van der Waals surface area contributed by atoms with Gasteiger partial charge in [-0.25, -0.2) is 5.06 Å². The summed E-state index contributed by atoms with van der Waals surface area (Å²) in [6.07, 6.45) is 3.71. The largest absolute Gasteiger partial charge is 0.398 e. The monoisotopic (exact) mass is 361 g/mol. The lowest BCUT2D eigenvalue weighted by atomic mass is 10.0. The van der Waals surface area contributed by atoms with Crippen LogP contribution >= 0.6 is 0 Å². The molecule has 1 aromatic carbocycles. The number of hydrogen-bond donors (Lipinski definition) is 3. The summed E-state index contributed by atoms with van der Waals surface area (Å²) in [7, 11) is 0. The van der Waals surface area contributed by atoms with Crippen LogP contribution < -0.4 is 11.1 Å². The minimum atomic E-state index is -0.573. The number of rotatable bonds is 11. The Kier molecular flexibility index (Phi) is 9.08. The van der Waals surface area contributed by atoms with E-state index in [1.807, 2.05) is 38.1 Å². The Balaban J connectivity index is 2.62.